The second kappa shape index (κ2) is 6.66. The molecule has 1 fully saturated rings. The van der Waals surface area contributed by atoms with Crippen molar-refractivity contribution in [1.82, 2.24) is 4.90 Å². The maximum atomic E-state index is 11.9. The van der Waals surface area contributed by atoms with Crippen LogP contribution in [0.2, 0.25) is 0 Å². The zero-order valence-electron chi connectivity index (χ0n) is 10.0. The van der Waals surface area contributed by atoms with Crippen LogP contribution in [0.3, 0.4) is 0 Å². The van der Waals surface area contributed by atoms with Gasteiger partial charge >= 0.3 is 0 Å². The first kappa shape index (κ1) is 13.2. The molecule has 0 radical (unpaired) electrons. The molecule has 1 aliphatic heterocycles. The van der Waals surface area contributed by atoms with E-state index in [2.05, 4.69) is 6.58 Å². The molecule has 2 unspecified atom stereocenters. The van der Waals surface area contributed by atoms with Crippen molar-refractivity contribution in [2.24, 2.45) is 11.7 Å². The van der Waals surface area contributed by atoms with Crippen molar-refractivity contribution in [2.45, 2.75) is 25.9 Å². The van der Waals surface area contributed by atoms with Crippen LogP contribution in [0.15, 0.2) is 12.7 Å². The van der Waals surface area contributed by atoms with Gasteiger partial charge in [0.2, 0.25) is 0 Å². The highest BCUT2D eigenvalue weighted by Gasteiger charge is 2.28. The van der Waals surface area contributed by atoms with Crippen LogP contribution >= 0.6 is 0 Å². The third-order valence-corrected chi connectivity index (χ3v) is 2.97. The minimum absolute atomic E-state index is 0.0833. The van der Waals surface area contributed by atoms with Gasteiger partial charge in [0.15, 0.2) is 0 Å². The van der Waals surface area contributed by atoms with Gasteiger partial charge in [0.1, 0.15) is 6.10 Å². The highest BCUT2D eigenvalue weighted by Crippen LogP contribution is 2.16. The molecule has 0 aromatic carbocycles. The zero-order valence-corrected chi connectivity index (χ0v) is 10.0. The first-order valence-corrected chi connectivity index (χ1v) is 5.90. The summed E-state index contributed by atoms with van der Waals surface area (Å²) in [7, 11) is 0. The summed E-state index contributed by atoms with van der Waals surface area (Å²) in [5, 5.41) is 0. The van der Waals surface area contributed by atoms with Gasteiger partial charge < -0.3 is 15.4 Å². The molecule has 2 N–H and O–H groups in total. The molecule has 4 nitrogen and oxygen atoms in total. The van der Waals surface area contributed by atoms with Crippen LogP contribution in [0.1, 0.15) is 19.8 Å². The van der Waals surface area contributed by atoms with Gasteiger partial charge in [0, 0.05) is 13.1 Å². The lowest BCUT2D eigenvalue weighted by Crippen LogP contribution is -2.38. The average Bonchev–Trinajstić information content (AvgIpc) is 2.76. The largest absolute Gasteiger partial charge is 0.368 e. The molecule has 1 amide bonds. The van der Waals surface area contributed by atoms with Crippen LogP contribution in [0.5, 0.6) is 0 Å². The second-order valence-corrected chi connectivity index (χ2v) is 4.27. The molecule has 0 saturated carbocycles. The van der Waals surface area contributed by atoms with Crippen LogP contribution in [-0.4, -0.2) is 43.2 Å². The van der Waals surface area contributed by atoms with Gasteiger partial charge in [-0.25, -0.2) is 0 Å². The standard InChI is InChI=1S/C12H22N2O2/c1-3-4-7-16-10(2)12(15)14-6-5-11(8-13)9-14/h3,10-11H,1,4-9,13H2,2H3. The molecule has 0 aromatic heterocycles. The van der Waals surface area contributed by atoms with Crippen molar-refractivity contribution >= 4 is 5.91 Å². The van der Waals surface area contributed by atoms with E-state index >= 15 is 0 Å². The minimum Gasteiger partial charge on any atom is -0.368 e. The summed E-state index contributed by atoms with van der Waals surface area (Å²) in [6.45, 7) is 8.24. The maximum Gasteiger partial charge on any atom is 0.251 e. The highest BCUT2D eigenvalue weighted by molar-refractivity contribution is 5.80. The van der Waals surface area contributed by atoms with Crippen molar-refractivity contribution in [3.05, 3.63) is 12.7 Å². The zero-order chi connectivity index (χ0) is 12.0. The lowest BCUT2D eigenvalue weighted by Gasteiger charge is -2.21. The van der Waals surface area contributed by atoms with E-state index in [4.69, 9.17) is 10.5 Å². The number of rotatable bonds is 6. The molecule has 92 valence electrons. The quantitative estimate of drug-likeness (QED) is 0.538. The number of ether oxygens (including phenoxy) is 1. The molecular formula is C12H22N2O2. The molecule has 4 heteroatoms. The number of carbonyl (C=O) groups excluding carboxylic acids is 1. The smallest absolute Gasteiger partial charge is 0.251 e. The molecule has 16 heavy (non-hydrogen) atoms. The first-order valence-electron chi connectivity index (χ1n) is 5.90. The van der Waals surface area contributed by atoms with Gasteiger partial charge in [-0.2, -0.15) is 0 Å². The minimum atomic E-state index is -0.350. The topological polar surface area (TPSA) is 55.6 Å². The fourth-order valence-corrected chi connectivity index (χ4v) is 1.88. The van der Waals surface area contributed by atoms with Crippen LogP contribution in [0.4, 0.5) is 0 Å². The molecular weight excluding hydrogens is 204 g/mol. The summed E-state index contributed by atoms with van der Waals surface area (Å²) in [5.74, 6) is 0.546. The lowest BCUT2D eigenvalue weighted by atomic mass is 10.1. The second-order valence-electron chi connectivity index (χ2n) is 4.27. The molecule has 0 bridgehead atoms. The Morgan fingerprint density at radius 1 is 1.75 bits per heavy atom. The Bertz CT molecular complexity index is 243. The molecule has 0 spiro atoms. The van der Waals surface area contributed by atoms with E-state index in [1.807, 2.05) is 4.90 Å². The molecule has 1 heterocycles. The van der Waals surface area contributed by atoms with Gasteiger partial charge in [-0.05, 0) is 32.2 Å². The number of hydrogen-bond acceptors (Lipinski definition) is 3. The summed E-state index contributed by atoms with van der Waals surface area (Å²) in [6, 6.07) is 0. The maximum absolute atomic E-state index is 11.9. The monoisotopic (exact) mass is 226 g/mol. The normalized spacial score (nSPS) is 22.1. The number of nitrogens with zero attached hydrogens (tertiary/aromatic N) is 1. The Morgan fingerprint density at radius 3 is 3.06 bits per heavy atom. The van der Waals surface area contributed by atoms with Crippen LogP contribution in [0, 0.1) is 5.92 Å². The number of hydrogen-bond donors (Lipinski definition) is 1. The summed E-state index contributed by atoms with van der Waals surface area (Å²) in [4.78, 5) is 13.8. The van der Waals surface area contributed by atoms with E-state index in [-0.39, 0.29) is 12.0 Å². The van der Waals surface area contributed by atoms with Crippen LogP contribution in [0.25, 0.3) is 0 Å². The van der Waals surface area contributed by atoms with Gasteiger partial charge in [0.05, 0.1) is 6.61 Å². The summed E-state index contributed by atoms with van der Waals surface area (Å²) in [6.07, 6.45) is 3.23. The summed E-state index contributed by atoms with van der Waals surface area (Å²) < 4.78 is 5.43. The van der Waals surface area contributed by atoms with Crippen LogP contribution < -0.4 is 5.73 Å². The number of likely N-dealkylation sites (tertiary alicyclic amines) is 1. The molecule has 1 saturated heterocycles. The molecule has 0 aliphatic carbocycles. The Labute approximate surface area is 97.4 Å². The molecule has 0 aromatic rings. The number of carbonyl (C=O) groups is 1. The molecule has 1 rings (SSSR count). The van der Waals surface area contributed by atoms with E-state index in [0.717, 1.165) is 25.9 Å². The van der Waals surface area contributed by atoms with Crippen molar-refractivity contribution in [1.29, 1.82) is 0 Å². The fraction of sp³-hybridized carbons (Fsp3) is 0.750. The predicted octanol–water partition coefficient (Wildman–Crippen LogP) is 0.775. The number of amides is 1. The van der Waals surface area contributed by atoms with Crippen molar-refractivity contribution < 1.29 is 9.53 Å². The average molecular weight is 226 g/mol. The first-order chi connectivity index (χ1) is 7.69. The molecule has 1 aliphatic rings. The number of nitrogens with two attached hydrogens (primary N) is 1. The third kappa shape index (κ3) is 3.61. The Balaban J connectivity index is 2.30. The van der Waals surface area contributed by atoms with Gasteiger partial charge in [-0.3, -0.25) is 4.79 Å². The van der Waals surface area contributed by atoms with Crippen molar-refractivity contribution in [3.8, 4) is 0 Å². The van der Waals surface area contributed by atoms with Gasteiger partial charge in [-0.15, -0.1) is 6.58 Å². The van der Waals surface area contributed by atoms with Crippen LogP contribution in [-0.2, 0) is 9.53 Å². The molecule has 2 atom stereocenters. The Morgan fingerprint density at radius 2 is 2.50 bits per heavy atom. The summed E-state index contributed by atoms with van der Waals surface area (Å²) in [5.41, 5.74) is 5.59. The lowest BCUT2D eigenvalue weighted by molar-refractivity contribution is -0.141. The summed E-state index contributed by atoms with van der Waals surface area (Å²) >= 11 is 0. The van der Waals surface area contributed by atoms with E-state index in [9.17, 15) is 4.79 Å². The predicted molar refractivity (Wildman–Crippen MR) is 64.0 cm³/mol. The highest BCUT2D eigenvalue weighted by atomic mass is 16.5. The SMILES string of the molecule is C=CCCOC(C)C(=O)N1CCC(CN)C1. The fourth-order valence-electron chi connectivity index (χ4n) is 1.88. The van der Waals surface area contributed by atoms with E-state index in [0.29, 0.717) is 19.1 Å². The Hall–Kier alpha value is -0.870. The third-order valence-electron chi connectivity index (χ3n) is 2.97. The van der Waals surface area contributed by atoms with E-state index < -0.39 is 0 Å². The van der Waals surface area contributed by atoms with Gasteiger partial charge in [-0.1, -0.05) is 6.08 Å². The van der Waals surface area contributed by atoms with Crippen molar-refractivity contribution in [2.75, 3.05) is 26.2 Å². The Kier molecular flexibility index (Phi) is 5.49. The van der Waals surface area contributed by atoms with E-state index in [1.54, 1.807) is 13.0 Å². The van der Waals surface area contributed by atoms with Gasteiger partial charge in [0.25, 0.3) is 5.91 Å². The van der Waals surface area contributed by atoms with E-state index in [1.165, 1.54) is 0 Å². The van der Waals surface area contributed by atoms with Crippen molar-refractivity contribution in [3.63, 3.8) is 0 Å².